The van der Waals surface area contributed by atoms with Crippen LogP contribution in [0.2, 0.25) is 0 Å². The van der Waals surface area contributed by atoms with Gasteiger partial charge in [0.25, 0.3) is 5.56 Å². The first-order chi connectivity index (χ1) is 19.9. The number of benzene rings is 3. The Morgan fingerprint density at radius 3 is 2.49 bits per heavy atom. The van der Waals surface area contributed by atoms with Crippen molar-refractivity contribution in [2.45, 2.75) is 24.8 Å². The van der Waals surface area contributed by atoms with Crippen LogP contribution in [0.15, 0.2) is 89.9 Å². The van der Waals surface area contributed by atoms with Gasteiger partial charge in [0.15, 0.2) is 0 Å². The predicted octanol–water partition coefficient (Wildman–Crippen LogP) is 7.74. The number of H-pyrrole nitrogens is 1. The molecule has 3 aromatic carbocycles. The Labute approximate surface area is 264 Å². The van der Waals surface area contributed by atoms with E-state index in [1.165, 1.54) is 52.5 Å². The standard InChI is InChI=1S/C33H29FN4O2S.2ClH/c1-37-15-12-21(13-16-37)20-6-8-22(9-7-20)29-18-23-14-17-38(33(40)31(23)41-29)30(25-19-24(34)10-11-28(25)39)32-35-26-4-2-3-5-27(26)36-32;;/h2-11,14,17-19,21,30,39H,12-13,15-16H2,1H3,(H,35,36);2*1H. The molecule has 1 saturated heterocycles. The summed E-state index contributed by atoms with van der Waals surface area (Å²) in [5.74, 6) is 0.412. The number of phenolic OH excluding ortho intramolecular Hbond substituents is 1. The molecule has 0 radical (unpaired) electrons. The molecule has 7 rings (SSSR count). The summed E-state index contributed by atoms with van der Waals surface area (Å²) in [6.45, 7) is 2.24. The quantitative estimate of drug-likeness (QED) is 0.203. The third-order valence-corrected chi connectivity index (χ3v) is 9.41. The maximum atomic E-state index is 14.4. The highest BCUT2D eigenvalue weighted by atomic mass is 35.5. The molecule has 2 N–H and O–H groups in total. The lowest BCUT2D eigenvalue weighted by Crippen LogP contribution is -2.29. The number of hydrogen-bond acceptors (Lipinski definition) is 5. The number of likely N-dealkylation sites (tertiary alicyclic amines) is 1. The lowest BCUT2D eigenvalue weighted by Gasteiger charge is -2.29. The van der Waals surface area contributed by atoms with E-state index in [1.807, 2.05) is 36.4 Å². The van der Waals surface area contributed by atoms with E-state index in [4.69, 9.17) is 4.98 Å². The highest BCUT2D eigenvalue weighted by molar-refractivity contribution is 7.22. The number of thiophene rings is 1. The second-order valence-corrected chi connectivity index (χ2v) is 11.9. The number of pyridine rings is 1. The molecule has 10 heteroatoms. The van der Waals surface area contributed by atoms with Crippen LogP contribution >= 0.6 is 36.2 Å². The molecule has 0 bridgehead atoms. The molecule has 0 amide bonds. The Morgan fingerprint density at radius 2 is 1.74 bits per heavy atom. The number of imidazole rings is 1. The summed E-state index contributed by atoms with van der Waals surface area (Å²) in [5, 5.41) is 11.6. The van der Waals surface area contributed by atoms with Crippen LogP contribution in [-0.2, 0) is 0 Å². The Kier molecular flexibility index (Phi) is 8.94. The van der Waals surface area contributed by atoms with Crippen LogP contribution in [-0.4, -0.2) is 44.7 Å². The van der Waals surface area contributed by atoms with Crippen molar-refractivity contribution >= 4 is 57.3 Å². The van der Waals surface area contributed by atoms with Gasteiger partial charge in [0.2, 0.25) is 0 Å². The fourth-order valence-corrected chi connectivity index (χ4v) is 7.02. The number of para-hydroxylation sites is 2. The largest absolute Gasteiger partial charge is 0.508 e. The number of halogens is 3. The summed E-state index contributed by atoms with van der Waals surface area (Å²) in [4.78, 5) is 25.4. The van der Waals surface area contributed by atoms with Gasteiger partial charge in [-0.3, -0.25) is 9.36 Å². The van der Waals surface area contributed by atoms with Crippen molar-refractivity contribution in [2.75, 3.05) is 20.1 Å². The molecule has 0 spiro atoms. The molecular weight excluding hydrogens is 606 g/mol. The molecule has 1 aliphatic heterocycles. The highest BCUT2D eigenvalue weighted by Gasteiger charge is 2.26. The summed E-state index contributed by atoms with van der Waals surface area (Å²) >= 11 is 1.45. The Bertz CT molecular complexity index is 1910. The number of hydrogen-bond donors (Lipinski definition) is 2. The van der Waals surface area contributed by atoms with Gasteiger partial charge in [0, 0.05) is 22.0 Å². The normalized spacial score (nSPS) is 14.8. The number of nitrogens with one attached hydrogen (secondary N) is 1. The third kappa shape index (κ3) is 5.80. The summed E-state index contributed by atoms with van der Waals surface area (Å²) < 4.78 is 16.5. The van der Waals surface area contributed by atoms with E-state index < -0.39 is 11.9 Å². The number of aromatic nitrogens is 3. The van der Waals surface area contributed by atoms with Crippen LogP contribution in [0.5, 0.6) is 5.75 Å². The summed E-state index contributed by atoms with van der Waals surface area (Å²) in [5.41, 5.74) is 3.99. The third-order valence-electron chi connectivity index (χ3n) is 8.22. The maximum Gasteiger partial charge on any atom is 0.269 e. The van der Waals surface area contributed by atoms with Crippen molar-refractivity contribution in [3.8, 4) is 16.2 Å². The number of fused-ring (bicyclic) bond motifs is 2. The molecule has 6 nitrogen and oxygen atoms in total. The van der Waals surface area contributed by atoms with Gasteiger partial charge in [-0.2, -0.15) is 0 Å². The smallest absolute Gasteiger partial charge is 0.269 e. The van der Waals surface area contributed by atoms with E-state index >= 15 is 0 Å². The second-order valence-electron chi connectivity index (χ2n) is 10.9. The Hall–Kier alpha value is -3.69. The first-order valence-corrected chi connectivity index (χ1v) is 14.6. The molecule has 222 valence electrons. The van der Waals surface area contributed by atoms with Crippen LogP contribution in [0.25, 0.3) is 31.6 Å². The summed E-state index contributed by atoms with van der Waals surface area (Å²) in [7, 11) is 2.18. The average Bonchev–Trinajstić information content (AvgIpc) is 3.62. The lowest BCUT2D eigenvalue weighted by atomic mass is 9.89. The molecule has 3 aromatic heterocycles. The fraction of sp³-hybridized carbons (Fsp3) is 0.212. The fourth-order valence-electron chi connectivity index (χ4n) is 5.92. The predicted molar refractivity (Wildman–Crippen MR) is 177 cm³/mol. The van der Waals surface area contributed by atoms with Gasteiger partial charge < -0.3 is 15.0 Å². The molecule has 43 heavy (non-hydrogen) atoms. The van der Waals surface area contributed by atoms with Gasteiger partial charge in [-0.25, -0.2) is 9.37 Å². The van der Waals surface area contributed by atoms with Crippen LogP contribution in [0.4, 0.5) is 4.39 Å². The molecule has 6 aromatic rings. The Balaban J connectivity index is 0.00000184. The van der Waals surface area contributed by atoms with E-state index in [1.54, 1.807) is 6.20 Å². The van der Waals surface area contributed by atoms with Gasteiger partial charge in [0.05, 0.1) is 11.0 Å². The molecule has 4 heterocycles. The van der Waals surface area contributed by atoms with Gasteiger partial charge in [-0.1, -0.05) is 36.4 Å². The number of aromatic hydroxyl groups is 1. The molecular formula is C33H31Cl2FN4O2S. The number of rotatable bonds is 5. The highest BCUT2D eigenvalue weighted by Crippen LogP contribution is 2.36. The van der Waals surface area contributed by atoms with Crippen molar-refractivity contribution in [1.29, 1.82) is 0 Å². The van der Waals surface area contributed by atoms with Crippen LogP contribution < -0.4 is 5.56 Å². The van der Waals surface area contributed by atoms with Gasteiger partial charge in [-0.15, -0.1) is 36.2 Å². The number of phenols is 1. The minimum atomic E-state index is -0.852. The summed E-state index contributed by atoms with van der Waals surface area (Å²) in [6.07, 6.45) is 4.05. The van der Waals surface area contributed by atoms with Crippen molar-refractivity contribution in [2.24, 2.45) is 0 Å². The lowest BCUT2D eigenvalue weighted by molar-refractivity contribution is 0.255. The van der Waals surface area contributed by atoms with Gasteiger partial charge in [0.1, 0.15) is 28.1 Å². The molecule has 1 atom stereocenters. The zero-order chi connectivity index (χ0) is 28.1. The zero-order valence-corrected chi connectivity index (χ0v) is 25.8. The number of aromatic amines is 1. The van der Waals surface area contributed by atoms with Crippen molar-refractivity contribution in [3.63, 3.8) is 0 Å². The first-order valence-electron chi connectivity index (χ1n) is 13.8. The van der Waals surface area contributed by atoms with E-state index in [-0.39, 0.29) is 41.7 Å². The van der Waals surface area contributed by atoms with E-state index in [0.29, 0.717) is 16.4 Å². The molecule has 0 aliphatic carbocycles. The minimum Gasteiger partial charge on any atom is -0.508 e. The number of piperidine rings is 1. The van der Waals surface area contributed by atoms with E-state index in [2.05, 4.69) is 41.2 Å². The van der Waals surface area contributed by atoms with Crippen LogP contribution in [0, 0.1) is 5.82 Å². The molecule has 1 fully saturated rings. The molecule has 1 unspecified atom stereocenters. The van der Waals surface area contributed by atoms with Gasteiger partial charge in [-0.05, 0) is 92.5 Å². The monoisotopic (exact) mass is 636 g/mol. The maximum absolute atomic E-state index is 14.4. The zero-order valence-electron chi connectivity index (χ0n) is 23.4. The molecule has 1 aliphatic rings. The molecule has 0 saturated carbocycles. The SMILES string of the molecule is CN1CCC(c2ccc(-c3cc4ccn(C(c5nc6ccccc6[nH]5)c5cc(F)ccc5O)c(=O)c4s3)cc2)CC1.Cl.Cl. The topological polar surface area (TPSA) is 74.2 Å². The Morgan fingerprint density at radius 1 is 1.00 bits per heavy atom. The minimum absolute atomic E-state index is 0. The second kappa shape index (κ2) is 12.5. The van der Waals surface area contributed by atoms with Crippen LogP contribution in [0.3, 0.4) is 0 Å². The van der Waals surface area contributed by atoms with Crippen LogP contribution in [0.1, 0.15) is 41.8 Å². The summed E-state index contributed by atoms with van der Waals surface area (Å²) in [6, 6.07) is 23.1. The van der Waals surface area contributed by atoms with Gasteiger partial charge >= 0.3 is 0 Å². The van der Waals surface area contributed by atoms with E-state index in [0.717, 1.165) is 39.9 Å². The number of nitrogens with zero attached hydrogens (tertiary/aromatic N) is 3. The van der Waals surface area contributed by atoms with E-state index in [9.17, 15) is 14.3 Å². The van der Waals surface area contributed by atoms with Crippen molar-refractivity contribution in [3.05, 3.63) is 118 Å². The first kappa shape index (κ1) is 30.8. The van der Waals surface area contributed by atoms with Crippen molar-refractivity contribution < 1.29 is 9.50 Å². The average molecular weight is 638 g/mol. The van der Waals surface area contributed by atoms with Crippen molar-refractivity contribution in [1.82, 2.24) is 19.4 Å².